The predicted octanol–water partition coefficient (Wildman–Crippen LogP) is 7.35. The number of halogens is 3. The Morgan fingerprint density at radius 2 is 1.64 bits per heavy atom. The molecule has 0 aliphatic carbocycles. The fourth-order valence-corrected chi connectivity index (χ4v) is 4.10. The van der Waals surface area contributed by atoms with Gasteiger partial charge in [0.25, 0.3) is 0 Å². The van der Waals surface area contributed by atoms with Crippen LogP contribution in [0, 0.1) is 0 Å². The van der Waals surface area contributed by atoms with Crippen molar-refractivity contribution in [3.63, 3.8) is 0 Å². The van der Waals surface area contributed by atoms with Crippen LogP contribution in [-0.4, -0.2) is 13.1 Å². The Kier molecular flexibility index (Phi) is 7.20. The minimum Gasteiger partial charge on any atom is -0.483 e. The molecule has 0 fully saturated rings. The van der Waals surface area contributed by atoms with Gasteiger partial charge in [-0.3, -0.25) is 4.79 Å². The van der Waals surface area contributed by atoms with Crippen LogP contribution in [0.2, 0.25) is 0 Å². The predicted molar refractivity (Wildman–Crippen MR) is 135 cm³/mol. The second-order valence-corrected chi connectivity index (χ2v) is 8.58. The van der Waals surface area contributed by atoms with E-state index in [0.29, 0.717) is 23.4 Å². The number of fused-ring (bicyclic) bond motifs is 1. The first-order valence-corrected chi connectivity index (χ1v) is 11.5. The number of nitrogen functional groups attached to an aromatic ring is 1. The molecule has 0 spiro atoms. The minimum atomic E-state index is -4.41. The number of benzene rings is 4. The number of ether oxygens (including phenoxy) is 2. The number of anilines is 1. The van der Waals surface area contributed by atoms with Gasteiger partial charge in [0, 0.05) is 12.0 Å². The lowest BCUT2D eigenvalue weighted by Crippen LogP contribution is -2.09. The molecule has 0 aliphatic rings. The second-order valence-electron chi connectivity index (χ2n) is 8.58. The maximum Gasteiger partial charge on any atom is 0.416 e. The van der Waals surface area contributed by atoms with Crippen LogP contribution < -0.4 is 10.5 Å². The van der Waals surface area contributed by atoms with Gasteiger partial charge < -0.3 is 15.2 Å². The van der Waals surface area contributed by atoms with Crippen LogP contribution in [0.25, 0.3) is 21.9 Å². The molecular formula is C29H26F3NO3. The fourth-order valence-electron chi connectivity index (χ4n) is 4.10. The van der Waals surface area contributed by atoms with Crippen molar-refractivity contribution in [3.05, 3.63) is 95.6 Å². The van der Waals surface area contributed by atoms with Crippen LogP contribution in [-0.2, 0) is 22.1 Å². The molecule has 2 N–H and O–H groups in total. The van der Waals surface area contributed by atoms with Gasteiger partial charge in [0.05, 0.1) is 18.4 Å². The highest BCUT2D eigenvalue weighted by molar-refractivity contribution is 5.89. The zero-order valence-electron chi connectivity index (χ0n) is 19.9. The Hall–Kier alpha value is -4.00. The van der Waals surface area contributed by atoms with Crippen molar-refractivity contribution >= 4 is 22.4 Å². The largest absolute Gasteiger partial charge is 0.483 e. The van der Waals surface area contributed by atoms with Gasteiger partial charge in [0.15, 0.2) is 5.75 Å². The van der Waals surface area contributed by atoms with Crippen LogP contribution in [0.4, 0.5) is 18.9 Å². The molecule has 186 valence electrons. The van der Waals surface area contributed by atoms with Crippen molar-refractivity contribution in [2.24, 2.45) is 0 Å². The number of methoxy groups -OCH3 is 1. The molecule has 4 aromatic carbocycles. The summed E-state index contributed by atoms with van der Waals surface area (Å²) in [7, 11) is 1.34. The average molecular weight is 494 g/mol. The highest BCUT2D eigenvalue weighted by atomic mass is 19.4. The van der Waals surface area contributed by atoms with Crippen LogP contribution in [0.5, 0.6) is 5.75 Å². The van der Waals surface area contributed by atoms with Gasteiger partial charge in [0.2, 0.25) is 0 Å². The first-order valence-electron chi connectivity index (χ1n) is 11.5. The van der Waals surface area contributed by atoms with Gasteiger partial charge in [-0.2, -0.15) is 13.2 Å². The maximum absolute atomic E-state index is 13.0. The molecule has 0 amide bonds. The molecule has 0 heterocycles. The minimum absolute atomic E-state index is 0.204. The smallest absolute Gasteiger partial charge is 0.416 e. The summed E-state index contributed by atoms with van der Waals surface area (Å²) in [4.78, 5) is 11.7. The van der Waals surface area contributed by atoms with E-state index in [1.165, 1.54) is 19.2 Å². The molecule has 0 radical (unpaired) electrons. The third-order valence-electron chi connectivity index (χ3n) is 6.09. The number of rotatable bonds is 7. The Morgan fingerprint density at radius 3 is 2.31 bits per heavy atom. The number of alkyl halides is 3. The molecule has 4 nitrogen and oxygen atoms in total. The van der Waals surface area contributed by atoms with Crippen molar-refractivity contribution in [1.29, 1.82) is 0 Å². The molecule has 4 rings (SSSR count). The van der Waals surface area contributed by atoms with E-state index >= 15 is 0 Å². The third-order valence-corrected chi connectivity index (χ3v) is 6.09. The molecule has 1 atom stereocenters. The third kappa shape index (κ3) is 5.62. The van der Waals surface area contributed by atoms with E-state index in [1.807, 2.05) is 48.5 Å². The number of carbonyl (C=O) groups excluding carboxylic acids is 1. The number of aryl methyl sites for hydroxylation is 1. The number of hydrogen-bond donors (Lipinski definition) is 1. The lowest BCUT2D eigenvalue weighted by Gasteiger charge is -2.21. The van der Waals surface area contributed by atoms with E-state index in [0.717, 1.165) is 39.6 Å². The summed E-state index contributed by atoms with van der Waals surface area (Å²) < 4.78 is 49.9. The van der Waals surface area contributed by atoms with E-state index in [9.17, 15) is 18.0 Å². The summed E-state index contributed by atoms with van der Waals surface area (Å²) in [6, 6.07) is 22.5. The van der Waals surface area contributed by atoms with E-state index in [-0.39, 0.29) is 12.4 Å². The average Bonchev–Trinajstić information content (AvgIpc) is 2.87. The van der Waals surface area contributed by atoms with Gasteiger partial charge in [-0.1, -0.05) is 48.5 Å². The number of carbonyl (C=O) groups is 1. The first-order chi connectivity index (χ1) is 17.2. The maximum atomic E-state index is 13.0. The van der Waals surface area contributed by atoms with E-state index in [4.69, 9.17) is 15.2 Å². The lowest BCUT2D eigenvalue weighted by atomic mass is 9.96. The van der Waals surface area contributed by atoms with Crippen LogP contribution in [0.15, 0.2) is 78.9 Å². The molecule has 36 heavy (non-hydrogen) atoms. The molecule has 0 saturated heterocycles. The summed E-state index contributed by atoms with van der Waals surface area (Å²) in [6.45, 7) is 1.76. The zero-order chi connectivity index (χ0) is 25.9. The van der Waals surface area contributed by atoms with Crippen LogP contribution >= 0.6 is 0 Å². The number of hydrogen-bond acceptors (Lipinski definition) is 4. The Morgan fingerprint density at radius 1 is 0.944 bits per heavy atom. The van der Waals surface area contributed by atoms with Crippen LogP contribution in [0.1, 0.15) is 36.1 Å². The number of nitrogens with two attached hydrogens (primary N) is 1. The zero-order valence-corrected chi connectivity index (χ0v) is 19.9. The highest BCUT2D eigenvalue weighted by Crippen LogP contribution is 2.40. The molecule has 7 heteroatoms. The Balaban J connectivity index is 1.72. The fraction of sp³-hybridized carbons (Fsp3) is 0.207. The number of esters is 1. The highest BCUT2D eigenvalue weighted by Gasteiger charge is 2.30. The molecular weight excluding hydrogens is 467 g/mol. The summed E-state index contributed by atoms with van der Waals surface area (Å²) in [5.74, 6) is 0.108. The van der Waals surface area contributed by atoms with Crippen molar-refractivity contribution in [2.45, 2.75) is 32.0 Å². The first kappa shape index (κ1) is 25.1. The van der Waals surface area contributed by atoms with Crippen molar-refractivity contribution in [2.75, 3.05) is 12.8 Å². The molecule has 0 saturated carbocycles. The molecule has 0 aliphatic heterocycles. The monoisotopic (exact) mass is 493 g/mol. The van der Waals surface area contributed by atoms with E-state index in [2.05, 4.69) is 0 Å². The molecule has 0 aromatic heterocycles. The van der Waals surface area contributed by atoms with Crippen molar-refractivity contribution in [1.82, 2.24) is 0 Å². The van der Waals surface area contributed by atoms with E-state index in [1.54, 1.807) is 13.0 Å². The van der Waals surface area contributed by atoms with Gasteiger partial charge in [0.1, 0.15) is 6.10 Å². The van der Waals surface area contributed by atoms with Gasteiger partial charge in [-0.05, 0) is 71.1 Å². The summed E-state index contributed by atoms with van der Waals surface area (Å²) >= 11 is 0. The molecule has 4 aromatic rings. The molecule has 1 unspecified atom stereocenters. The Bertz CT molecular complexity index is 1380. The summed E-state index contributed by atoms with van der Waals surface area (Å²) in [6.07, 6.45) is -4.33. The topological polar surface area (TPSA) is 61.5 Å². The second kappa shape index (κ2) is 10.3. The van der Waals surface area contributed by atoms with Crippen LogP contribution in [0.3, 0.4) is 0 Å². The normalized spacial score (nSPS) is 12.4. The summed E-state index contributed by atoms with van der Waals surface area (Å²) in [5, 5.41) is 2.12. The van der Waals surface area contributed by atoms with Gasteiger partial charge in [-0.25, -0.2) is 0 Å². The standard InChI is InChI=1S/C29H26F3NO3/c1-18(20-10-12-24(13-11-20)29(30,31)32)36-28-25(15-19(16-26(28)33)7-14-27(34)35-2)23-9-8-21-5-3-4-6-22(21)17-23/h3-6,8-13,15-18H,7,14,33H2,1-2H3. The molecule has 0 bridgehead atoms. The lowest BCUT2D eigenvalue weighted by molar-refractivity contribution is -0.140. The summed E-state index contributed by atoms with van der Waals surface area (Å²) in [5.41, 5.74) is 9.12. The quantitative estimate of drug-likeness (QED) is 0.216. The van der Waals surface area contributed by atoms with Gasteiger partial charge >= 0.3 is 12.1 Å². The SMILES string of the molecule is COC(=O)CCc1cc(N)c(OC(C)c2ccc(C(F)(F)F)cc2)c(-c2ccc3ccccc3c2)c1. The van der Waals surface area contributed by atoms with Crippen molar-refractivity contribution < 1.29 is 27.4 Å². The van der Waals surface area contributed by atoms with Gasteiger partial charge in [-0.15, -0.1) is 0 Å². The van der Waals surface area contributed by atoms with E-state index < -0.39 is 17.8 Å². The Labute approximate surface area is 207 Å². The van der Waals surface area contributed by atoms with Crippen molar-refractivity contribution in [3.8, 4) is 16.9 Å².